The van der Waals surface area contributed by atoms with Crippen molar-refractivity contribution in [1.82, 2.24) is 10.1 Å². The Balaban J connectivity index is 1.43. The molecule has 2 heterocycles. The van der Waals surface area contributed by atoms with Crippen LogP contribution in [0, 0.1) is 0 Å². The summed E-state index contributed by atoms with van der Waals surface area (Å²) < 4.78 is 17.0. The van der Waals surface area contributed by atoms with Crippen LogP contribution in [0.15, 0.2) is 53.1 Å². The zero-order valence-electron chi connectivity index (χ0n) is 14.6. The van der Waals surface area contributed by atoms with Gasteiger partial charge >= 0.3 is 0 Å². The quantitative estimate of drug-likeness (QED) is 0.706. The first-order chi connectivity index (χ1) is 12.7. The van der Waals surface area contributed by atoms with Crippen molar-refractivity contribution in [2.45, 2.75) is 19.4 Å². The summed E-state index contributed by atoms with van der Waals surface area (Å²) in [6.07, 6.45) is 0.0116. The van der Waals surface area contributed by atoms with E-state index in [2.05, 4.69) is 5.16 Å². The summed E-state index contributed by atoms with van der Waals surface area (Å²) in [5, 5.41) is 4.93. The first-order valence-electron chi connectivity index (χ1n) is 8.74. The van der Waals surface area contributed by atoms with E-state index >= 15 is 0 Å². The highest BCUT2D eigenvalue weighted by molar-refractivity contribution is 5.86. The van der Waals surface area contributed by atoms with Gasteiger partial charge < -0.3 is 18.9 Å². The number of amides is 1. The maximum absolute atomic E-state index is 12.8. The molecule has 0 radical (unpaired) electrons. The van der Waals surface area contributed by atoms with Gasteiger partial charge in [-0.3, -0.25) is 4.79 Å². The molecule has 0 N–H and O–H groups in total. The molecule has 0 bridgehead atoms. The molecule has 26 heavy (non-hydrogen) atoms. The molecular formula is C20H20N2O4. The van der Waals surface area contributed by atoms with Gasteiger partial charge in [-0.1, -0.05) is 29.4 Å². The molecule has 134 valence electrons. The number of likely N-dealkylation sites (N-methyl/N-ethyl adjacent to an activating group) is 1. The smallest absolute Gasteiger partial charge is 0.228 e. The van der Waals surface area contributed by atoms with Gasteiger partial charge in [-0.25, -0.2) is 0 Å². The summed E-state index contributed by atoms with van der Waals surface area (Å²) in [7, 11) is 0. The average Bonchev–Trinajstić information content (AvgIpc) is 3.09. The fraction of sp³-hybridized carbons (Fsp3) is 0.300. The molecular weight excluding hydrogens is 332 g/mol. The van der Waals surface area contributed by atoms with E-state index in [1.807, 2.05) is 55.5 Å². The molecule has 0 spiro atoms. The van der Waals surface area contributed by atoms with Crippen LogP contribution in [0.4, 0.5) is 0 Å². The summed E-state index contributed by atoms with van der Waals surface area (Å²) in [6.45, 7) is 3.44. The van der Waals surface area contributed by atoms with Crippen LogP contribution in [-0.4, -0.2) is 41.8 Å². The normalized spacial score (nSPS) is 15.8. The van der Waals surface area contributed by atoms with Crippen molar-refractivity contribution in [3.63, 3.8) is 0 Å². The van der Waals surface area contributed by atoms with Crippen LogP contribution in [0.25, 0.3) is 11.0 Å². The predicted molar refractivity (Wildman–Crippen MR) is 96.3 cm³/mol. The number of rotatable bonds is 5. The third-order valence-corrected chi connectivity index (χ3v) is 4.50. The summed E-state index contributed by atoms with van der Waals surface area (Å²) in [5.74, 6) is 1.45. The second-order valence-electron chi connectivity index (χ2n) is 6.23. The lowest BCUT2D eigenvalue weighted by Crippen LogP contribution is -2.44. The number of benzene rings is 2. The molecule has 1 aliphatic heterocycles. The van der Waals surface area contributed by atoms with Crippen molar-refractivity contribution in [3.05, 3.63) is 54.2 Å². The SMILES string of the molecule is CCN(CC1COc2ccccc2O1)C(=O)Cc1noc2ccccc12. The van der Waals surface area contributed by atoms with E-state index in [0.717, 1.165) is 16.9 Å². The molecule has 1 aliphatic rings. The highest BCUT2D eigenvalue weighted by atomic mass is 16.6. The van der Waals surface area contributed by atoms with Gasteiger partial charge in [0.1, 0.15) is 12.3 Å². The minimum Gasteiger partial charge on any atom is -0.486 e. The van der Waals surface area contributed by atoms with E-state index in [-0.39, 0.29) is 18.4 Å². The molecule has 3 aromatic rings. The Morgan fingerprint density at radius 1 is 1.15 bits per heavy atom. The molecule has 4 rings (SSSR count). The number of ether oxygens (including phenoxy) is 2. The van der Waals surface area contributed by atoms with Gasteiger partial charge in [0.05, 0.1) is 13.0 Å². The zero-order valence-corrected chi connectivity index (χ0v) is 14.6. The van der Waals surface area contributed by atoms with Gasteiger partial charge in [0.15, 0.2) is 23.2 Å². The van der Waals surface area contributed by atoms with Gasteiger partial charge in [-0.05, 0) is 31.2 Å². The number of carbonyl (C=O) groups is 1. The number of hydrogen-bond acceptors (Lipinski definition) is 5. The Morgan fingerprint density at radius 2 is 1.92 bits per heavy atom. The second kappa shape index (κ2) is 7.07. The zero-order chi connectivity index (χ0) is 17.9. The van der Waals surface area contributed by atoms with E-state index in [9.17, 15) is 4.79 Å². The Morgan fingerprint density at radius 3 is 2.77 bits per heavy atom. The lowest BCUT2D eigenvalue weighted by atomic mass is 10.1. The molecule has 0 saturated carbocycles. The monoisotopic (exact) mass is 352 g/mol. The maximum atomic E-state index is 12.8. The summed E-state index contributed by atoms with van der Waals surface area (Å²) in [6, 6.07) is 15.1. The lowest BCUT2D eigenvalue weighted by Gasteiger charge is -2.30. The first-order valence-corrected chi connectivity index (χ1v) is 8.74. The predicted octanol–water partition coefficient (Wildman–Crippen LogP) is 3.06. The van der Waals surface area contributed by atoms with Gasteiger partial charge in [0, 0.05) is 11.9 Å². The van der Waals surface area contributed by atoms with Crippen molar-refractivity contribution in [2.24, 2.45) is 0 Å². The molecule has 6 nitrogen and oxygen atoms in total. The van der Waals surface area contributed by atoms with Crippen molar-refractivity contribution in [3.8, 4) is 11.5 Å². The molecule has 0 fully saturated rings. The van der Waals surface area contributed by atoms with Gasteiger partial charge in [-0.2, -0.15) is 0 Å². The number of fused-ring (bicyclic) bond motifs is 2. The minimum atomic E-state index is -0.192. The number of carbonyl (C=O) groups excluding carboxylic acids is 1. The summed E-state index contributed by atoms with van der Waals surface area (Å²) in [4.78, 5) is 14.5. The van der Waals surface area contributed by atoms with Crippen LogP contribution < -0.4 is 9.47 Å². The van der Waals surface area contributed by atoms with Crippen LogP contribution in [0.2, 0.25) is 0 Å². The molecule has 1 atom stereocenters. The largest absolute Gasteiger partial charge is 0.486 e. The fourth-order valence-electron chi connectivity index (χ4n) is 3.13. The van der Waals surface area contributed by atoms with Crippen LogP contribution in [0.1, 0.15) is 12.6 Å². The number of aromatic nitrogens is 1. The standard InChI is InChI=1S/C20H20N2O4/c1-2-22(12-14-13-24-18-9-5-6-10-19(18)25-14)20(23)11-16-15-7-3-4-8-17(15)26-21-16/h3-10,14H,2,11-13H2,1H3. The van der Waals surface area contributed by atoms with E-state index in [4.69, 9.17) is 14.0 Å². The Hall–Kier alpha value is -3.02. The van der Waals surface area contributed by atoms with Crippen LogP contribution in [0.5, 0.6) is 11.5 Å². The highest BCUT2D eigenvalue weighted by Gasteiger charge is 2.25. The fourth-order valence-corrected chi connectivity index (χ4v) is 3.13. The second-order valence-corrected chi connectivity index (χ2v) is 6.23. The third kappa shape index (κ3) is 3.22. The van der Waals surface area contributed by atoms with E-state index in [1.165, 1.54) is 0 Å². The molecule has 0 saturated heterocycles. The molecule has 2 aromatic carbocycles. The third-order valence-electron chi connectivity index (χ3n) is 4.50. The Kier molecular flexibility index (Phi) is 4.48. The average molecular weight is 352 g/mol. The minimum absolute atomic E-state index is 0.00554. The maximum Gasteiger partial charge on any atom is 0.228 e. The van der Waals surface area contributed by atoms with Crippen LogP contribution in [0.3, 0.4) is 0 Å². The Labute approximate surface area is 151 Å². The Bertz CT molecular complexity index is 921. The number of para-hydroxylation sites is 3. The van der Waals surface area contributed by atoms with Crippen LogP contribution in [-0.2, 0) is 11.2 Å². The van der Waals surface area contributed by atoms with Crippen molar-refractivity contribution in [1.29, 1.82) is 0 Å². The summed E-state index contributed by atoms with van der Waals surface area (Å²) >= 11 is 0. The van der Waals surface area contributed by atoms with Gasteiger partial charge in [0.2, 0.25) is 5.91 Å². The van der Waals surface area contributed by atoms with Gasteiger partial charge in [-0.15, -0.1) is 0 Å². The molecule has 0 aliphatic carbocycles. The van der Waals surface area contributed by atoms with Gasteiger partial charge in [0.25, 0.3) is 0 Å². The number of hydrogen-bond donors (Lipinski definition) is 0. The van der Waals surface area contributed by atoms with E-state index in [0.29, 0.717) is 31.0 Å². The van der Waals surface area contributed by atoms with Crippen LogP contribution >= 0.6 is 0 Å². The van der Waals surface area contributed by atoms with Crippen molar-refractivity contribution in [2.75, 3.05) is 19.7 Å². The lowest BCUT2D eigenvalue weighted by molar-refractivity contribution is -0.131. The molecule has 1 aromatic heterocycles. The first kappa shape index (κ1) is 16.4. The number of nitrogens with zero attached hydrogens (tertiary/aromatic N) is 2. The van der Waals surface area contributed by atoms with Crippen molar-refractivity contribution >= 4 is 16.9 Å². The van der Waals surface area contributed by atoms with E-state index in [1.54, 1.807) is 4.90 Å². The van der Waals surface area contributed by atoms with E-state index < -0.39 is 0 Å². The molecule has 6 heteroatoms. The highest BCUT2D eigenvalue weighted by Crippen LogP contribution is 2.31. The summed E-state index contributed by atoms with van der Waals surface area (Å²) in [5.41, 5.74) is 1.36. The molecule has 1 amide bonds. The van der Waals surface area contributed by atoms with Crippen molar-refractivity contribution < 1.29 is 18.8 Å². The topological polar surface area (TPSA) is 64.8 Å². The molecule has 1 unspecified atom stereocenters.